The van der Waals surface area contributed by atoms with E-state index in [1.54, 1.807) is 23.0 Å². The van der Waals surface area contributed by atoms with Crippen LogP contribution >= 0.6 is 0 Å². The van der Waals surface area contributed by atoms with Crippen LogP contribution in [0.5, 0.6) is 0 Å². The SMILES string of the molecule is CC(c1oc(=O)c2ccccc2c1-c1ccccc1)n1nc(-c2ccnc(N)n2)c2c(N)ncnc21. The van der Waals surface area contributed by atoms with E-state index in [-0.39, 0.29) is 11.8 Å². The molecule has 0 radical (unpaired) electrons. The highest BCUT2D eigenvalue weighted by atomic mass is 16.4. The van der Waals surface area contributed by atoms with Crippen molar-refractivity contribution < 1.29 is 4.42 Å². The first-order chi connectivity index (χ1) is 17.5. The van der Waals surface area contributed by atoms with Gasteiger partial charge in [0.1, 0.15) is 29.6 Å². The number of nitrogen functional groups attached to an aromatic ring is 2. The first-order valence-corrected chi connectivity index (χ1v) is 11.2. The summed E-state index contributed by atoms with van der Waals surface area (Å²) < 4.78 is 7.64. The van der Waals surface area contributed by atoms with Crippen molar-refractivity contribution in [2.45, 2.75) is 13.0 Å². The minimum atomic E-state index is -0.540. The second-order valence-electron chi connectivity index (χ2n) is 8.27. The zero-order valence-corrected chi connectivity index (χ0v) is 19.2. The largest absolute Gasteiger partial charge is 0.424 e. The fourth-order valence-corrected chi connectivity index (χ4v) is 4.48. The van der Waals surface area contributed by atoms with Crippen LogP contribution in [0.25, 0.3) is 44.3 Å². The van der Waals surface area contributed by atoms with E-state index in [0.29, 0.717) is 33.6 Å². The molecule has 0 bridgehead atoms. The number of rotatable bonds is 4. The first kappa shape index (κ1) is 21.4. The van der Waals surface area contributed by atoms with Gasteiger partial charge in [-0.05, 0) is 24.6 Å². The number of nitrogens with two attached hydrogens (primary N) is 2. The number of hydrogen-bond acceptors (Lipinski definition) is 9. The molecule has 0 saturated heterocycles. The van der Waals surface area contributed by atoms with E-state index in [1.807, 2.05) is 55.5 Å². The van der Waals surface area contributed by atoms with Crippen LogP contribution in [0.3, 0.4) is 0 Å². The normalized spacial score (nSPS) is 12.2. The minimum absolute atomic E-state index is 0.102. The summed E-state index contributed by atoms with van der Waals surface area (Å²) in [7, 11) is 0. The van der Waals surface area contributed by atoms with Crippen molar-refractivity contribution in [3.63, 3.8) is 0 Å². The Morgan fingerprint density at radius 3 is 2.44 bits per heavy atom. The molecule has 0 amide bonds. The van der Waals surface area contributed by atoms with Gasteiger partial charge in [-0.25, -0.2) is 29.4 Å². The highest BCUT2D eigenvalue weighted by molar-refractivity contribution is 5.99. The molecule has 1 unspecified atom stereocenters. The van der Waals surface area contributed by atoms with Crippen LogP contribution in [-0.4, -0.2) is 29.7 Å². The molecule has 0 fully saturated rings. The summed E-state index contributed by atoms with van der Waals surface area (Å²) in [6, 6.07) is 18.3. The fraction of sp³-hybridized carbons (Fsp3) is 0.0769. The molecule has 0 saturated carbocycles. The lowest BCUT2D eigenvalue weighted by atomic mass is 9.96. The summed E-state index contributed by atoms with van der Waals surface area (Å²) in [5, 5.41) is 6.62. The summed E-state index contributed by atoms with van der Waals surface area (Å²) in [5.74, 6) is 0.791. The van der Waals surface area contributed by atoms with Crippen LogP contribution in [0.2, 0.25) is 0 Å². The molecule has 4 aromatic heterocycles. The van der Waals surface area contributed by atoms with Crippen LogP contribution in [-0.2, 0) is 0 Å². The van der Waals surface area contributed by atoms with Crippen LogP contribution in [0.1, 0.15) is 18.7 Å². The molecule has 176 valence electrons. The third kappa shape index (κ3) is 3.35. The van der Waals surface area contributed by atoms with Crippen molar-refractivity contribution in [1.29, 1.82) is 0 Å². The Bertz CT molecular complexity index is 1810. The summed E-state index contributed by atoms with van der Waals surface area (Å²) in [5.41, 5.74) is 14.8. The van der Waals surface area contributed by atoms with Gasteiger partial charge in [0.05, 0.1) is 16.5 Å². The van der Waals surface area contributed by atoms with E-state index in [1.165, 1.54) is 6.33 Å². The topological polar surface area (TPSA) is 152 Å². The number of nitrogens with zero attached hydrogens (tertiary/aromatic N) is 6. The number of aromatic nitrogens is 6. The molecule has 36 heavy (non-hydrogen) atoms. The Labute approximate surface area is 204 Å². The van der Waals surface area contributed by atoms with Crippen molar-refractivity contribution in [2.75, 3.05) is 11.5 Å². The highest BCUT2D eigenvalue weighted by Crippen LogP contribution is 2.37. The van der Waals surface area contributed by atoms with Gasteiger partial charge in [-0.3, -0.25) is 0 Å². The van der Waals surface area contributed by atoms with Crippen molar-refractivity contribution in [3.8, 4) is 22.5 Å². The Hall–Kier alpha value is -5.12. The standard InChI is InChI=1S/C26H20N8O2/c1-14(22-19(15-7-3-2-4-8-15)16-9-5-6-10-17(16)25(35)36-22)34-24-20(23(27)30-13-31-24)21(33-34)18-11-12-29-26(28)32-18/h2-14H,1H3,(H2,27,30,31)(H2,28,29,32). The molecule has 1 atom stereocenters. The van der Waals surface area contributed by atoms with E-state index in [4.69, 9.17) is 21.0 Å². The van der Waals surface area contributed by atoms with E-state index in [0.717, 1.165) is 16.5 Å². The van der Waals surface area contributed by atoms with Gasteiger partial charge in [-0.1, -0.05) is 48.5 Å². The third-order valence-electron chi connectivity index (χ3n) is 6.11. The van der Waals surface area contributed by atoms with E-state index < -0.39 is 11.7 Å². The molecule has 0 aliphatic rings. The predicted molar refractivity (Wildman–Crippen MR) is 137 cm³/mol. The summed E-state index contributed by atoms with van der Waals surface area (Å²) >= 11 is 0. The lowest BCUT2D eigenvalue weighted by Crippen LogP contribution is -2.14. The van der Waals surface area contributed by atoms with Crippen LogP contribution < -0.4 is 17.1 Å². The van der Waals surface area contributed by atoms with Gasteiger partial charge < -0.3 is 15.9 Å². The molecule has 0 aliphatic carbocycles. The molecular weight excluding hydrogens is 456 g/mol. The molecule has 4 heterocycles. The van der Waals surface area contributed by atoms with Gasteiger partial charge in [-0.2, -0.15) is 5.10 Å². The predicted octanol–water partition coefficient (Wildman–Crippen LogP) is 3.83. The summed E-state index contributed by atoms with van der Waals surface area (Å²) in [4.78, 5) is 29.9. The smallest absolute Gasteiger partial charge is 0.343 e. The molecule has 10 nitrogen and oxygen atoms in total. The average Bonchev–Trinajstić information content (AvgIpc) is 3.30. The molecular formula is C26H20N8O2. The van der Waals surface area contributed by atoms with Crippen LogP contribution in [0.15, 0.2) is 82.4 Å². The van der Waals surface area contributed by atoms with Crippen molar-refractivity contribution in [3.05, 3.63) is 89.4 Å². The monoisotopic (exact) mass is 476 g/mol. The summed E-state index contributed by atoms with van der Waals surface area (Å²) in [6.07, 6.45) is 2.91. The van der Waals surface area contributed by atoms with Gasteiger partial charge in [-0.15, -0.1) is 0 Å². The molecule has 2 aromatic carbocycles. The van der Waals surface area contributed by atoms with Crippen molar-refractivity contribution in [1.82, 2.24) is 29.7 Å². The van der Waals surface area contributed by atoms with Crippen molar-refractivity contribution in [2.24, 2.45) is 0 Å². The maximum atomic E-state index is 13.0. The van der Waals surface area contributed by atoms with Crippen LogP contribution in [0, 0.1) is 0 Å². The van der Waals surface area contributed by atoms with Gasteiger partial charge >= 0.3 is 5.63 Å². The second kappa shape index (κ2) is 8.27. The Balaban J connectivity index is 1.65. The molecule has 6 aromatic rings. The number of anilines is 2. The fourth-order valence-electron chi connectivity index (χ4n) is 4.48. The van der Waals surface area contributed by atoms with Gasteiger partial charge in [0.25, 0.3) is 0 Å². The quantitative estimate of drug-likeness (QED) is 0.386. The first-order valence-electron chi connectivity index (χ1n) is 11.2. The number of fused-ring (bicyclic) bond motifs is 2. The maximum Gasteiger partial charge on any atom is 0.343 e. The molecule has 4 N–H and O–H groups in total. The van der Waals surface area contributed by atoms with Gasteiger partial charge in [0, 0.05) is 17.1 Å². The third-order valence-corrected chi connectivity index (χ3v) is 6.11. The average molecular weight is 477 g/mol. The molecule has 10 heteroatoms. The maximum absolute atomic E-state index is 13.0. The molecule has 6 rings (SSSR count). The zero-order chi connectivity index (χ0) is 24.8. The van der Waals surface area contributed by atoms with E-state index >= 15 is 0 Å². The molecule has 0 aliphatic heterocycles. The zero-order valence-electron chi connectivity index (χ0n) is 19.2. The lowest BCUT2D eigenvalue weighted by Gasteiger charge is -2.18. The highest BCUT2D eigenvalue weighted by Gasteiger charge is 2.26. The van der Waals surface area contributed by atoms with E-state index in [9.17, 15) is 4.79 Å². The Kier molecular flexibility index (Phi) is 4.92. The Morgan fingerprint density at radius 1 is 0.917 bits per heavy atom. The van der Waals surface area contributed by atoms with Crippen LogP contribution in [0.4, 0.5) is 11.8 Å². The minimum Gasteiger partial charge on any atom is -0.424 e. The number of benzene rings is 2. The van der Waals surface area contributed by atoms with E-state index in [2.05, 4.69) is 19.9 Å². The summed E-state index contributed by atoms with van der Waals surface area (Å²) in [6.45, 7) is 1.89. The van der Waals surface area contributed by atoms with Crippen molar-refractivity contribution >= 4 is 33.6 Å². The van der Waals surface area contributed by atoms with Gasteiger partial charge in [0.2, 0.25) is 5.95 Å². The Morgan fingerprint density at radius 2 is 1.67 bits per heavy atom. The number of hydrogen-bond donors (Lipinski definition) is 2. The second-order valence-corrected chi connectivity index (χ2v) is 8.27. The van der Waals surface area contributed by atoms with Gasteiger partial charge in [0.15, 0.2) is 5.65 Å². The lowest BCUT2D eigenvalue weighted by molar-refractivity contribution is 0.405. The molecule has 0 spiro atoms.